The summed E-state index contributed by atoms with van der Waals surface area (Å²) in [6.07, 6.45) is 0.617. The summed E-state index contributed by atoms with van der Waals surface area (Å²) >= 11 is 0. The summed E-state index contributed by atoms with van der Waals surface area (Å²) in [6.45, 7) is 6.96. The number of carbonyl (C=O) groups is 2. The fraction of sp³-hybridized carbons (Fsp3) is 0.250. The Labute approximate surface area is 134 Å². The van der Waals surface area contributed by atoms with Gasteiger partial charge in [0, 0.05) is 6.54 Å². The Hall–Kier alpha value is -2.96. The minimum absolute atomic E-state index is 0.0808. The normalized spacial score (nSPS) is 11.6. The minimum Gasteiger partial charge on any atom is -0.448 e. The van der Waals surface area contributed by atoms with E-state index in [1.807, 2.05) is 30.3 Å². The lowest BCUT2D eigenvalue weighted by molar-refractivity contribution is -0.128. The molecule has 1 aromatic heterocycles. The quantitative estimate of drug-likeness (QED) is 0.644. The monoisotopic (exact) mass is 314 g/mol. The molecule has 7 nitrogen and oxygen atoms in total. The molecule has 0 radical (unpaired) electrons. The van der Waals surface area contributed by atoms with Gasteiger partial charge >= 0.3 is 5.97 Å². The van der Waals surface area contributed by atoms with Gasteiger partial charge in [0.25, 0.3) is 5.91 Å². The maximum absolute atomic E-state index is 12.2. The molecule has 0 fully saturated rings. The smallest absolute Gasteiger partial charge is 0.361 e. The van der Waals surface area contributed by atoms with Gasteiger partial charge in [0.15, 0.2) is 11.8 Å². The summed E-state index contributed by atoms with van der Waals surface area (Å²) in [5.41, 5.74) is 1.24. The zero-order valence-corrected chi connectivity index (χ0v) is 13.0. The Morgan fingerprint density at radius 3 is 2.70 bits per heavy atom. The van der Waals surface area contributed by atoms with Crippen LogP contribution in [0.5, 0.6) is 0 Å². The van der Waals surface area contributed by atoms with Gasteiger partial charge in [-0.3, -0.25) is 4.79 Å². The maximum Gasteiger partial charge on any atom is 0.361 e. The van der Waals surface area contributed by atoms with Crippen molar-refractivity contribution in [2.45, 2.75) is 20.0 Å². The first kappa shape index (κ1) is 16.4. The lowest BCUT2D eigenvalue weighted by atomic mass is 10.3. The van der Waals surface area contributed by atoms with Crippen LogP contribution in [0.15, 0.2) is 43.0 Å². The van der Waals surface area contributed by atoms with E-state index in [1.165, 1.54) is 11.7 Å². The highest BCUT2D eigenvalue weighted by Gasteiger charge is 2.23. The molecule has 1 amide bonds. The number of nitrogens with one attached hydrogen (secondary N) is 1. The SMILES string of the molecule is C=CCNC(=O)[C@@H](C)OC(=O)c1nn(-c2ccccc2)nc1C. The van der Waals surface area contributed by atoms with Crippen LogP contribution in [0.2, 0.25) is 0 Å². The lowest BCUT2D eigenvalue weighted by Gasteiger charge is -2.11. The number of rotatable bonds is 6. The Balaban J connectivity index is 2.10. The molecule has 0 saturated heterocycles. The lowest BCUT2D eigenvalue weighted by Crippen LogP contribution is -2.36. The first-order valence-corrected chi connectivity index (χ1v) is 7.12. The van der Waals surface area contributed by atoms with Crippen LogP contribution in [0.25, 0.3) is 5.69 Å². The Morgan fingerprint density at radius 1 is 1.35 bits per heavy atom. The molecular weight excluding hydrogens is 296 g/mol. The Bertz CT molecular complexity index is 709. The van der Waals surface area contributed by atoms with Gasteiger partial charge in [0.1, 0.15) is 0 Å². The standard InChI is InChI=1S/C16H18N4O3/c1-4-10-17-15(21)12(3)23-16(22)14-11(2)18-20(19-14)13-8-6-5-7-9-13/h4-9,12H,1,10H2,2-3H3,(H,17,21)/t12-/m1/s1. The van der Waals surface area contributed by atoms with E-state index in [2.05, 4.69) is 22.1 Å². The molecule has 0 saturated carbocycles. The number of carbonyl (C=O) groups excluding carboxylic acids is 2. The number of amides is 1. The molecule has 7 heteroatoms. The van der Waals surface area contributed by atoms with E-state index in [9.17, 15) is 9.59 Å². The highest BCUT2D eigenvalue weighted by Crippen LogP contribution is 2.10. The summed E-state index contributed by atoms with van der Waals surface area (Å²) in [4.78, 5) is 25.2. The second-order valence-electron chi connectivity index (χ2n) is 4.84. The van der Waals surface area contributed by atoms with Crippen LogP contribution in [0.3, 0.4) is 0 Å². The molecule has 0 aliphatic carbocycles. The average molecular weight is 314 g/mol. The predicted molar refractivity (Wildman–Crippen MR) is 84.2 cm³/mol. The predicted octanol–water partition coefficient (Wildman–Crippen LogP) is 1.42. The molecule has 0 aliphatic rings. The second kappa shape index (κ2) is 7.35. The first-order chi connectivity index (χ1) is 11.0. The molecule has 120 valence electrons. The van der Waals surface area contributed by atoms with Crippen LogP contribution < -0.4 is 5.32 Å². The van der Waals surface area contributed by atoms with E-state index in [-0.39, 0.29) is 5.69 Å². The van der Waals surface area contributed by atoms with Crippen LogP contribution >= 0.6 is 0 Å². The fourth-order valence-electron chi connectivity index (χ4n) is 1.83. The number of hydrogen-bond donors (Lipinski definition) is 1. The highest BCUT2D eigenvalue weighted by molar-refractivity contribution is 5.91. The van der Waals surface area contributed by atoms with Crippen molar-refractivity contribution < 1.29 is 14.3 Å². The third-order valence-electron chi connectivity index (χ3n) is 3.04. The van der Waals surface area contributed by atoms with Gasteiger partial charge in [0.2, 0.25) is 0 Å². The number of aryl methyl sites for hydroxylation is 1. The van der Waals surface area contributed by atoms with E-state index < -0.39 is 18.0 Å². The van der Waals surface area contributed by atoms with Gasteiger partial charge < -0.3 is 10.1 Å². The number of hydrogen-bond acceptors (Lipinski definition) is 5. The molecule has 0 spiro atoms. The number of aromatic nitrogens is 3. The van der Waals surface area contributed by atoms with Crippen LogP contribution in [-0.4, -0.2) is 39.5 Å². The number of nitrogens with zero attached hydrogens (tertiary/aromatic N) is 3. The zero-order chi connectivity index (χ0) is 16.8. The minimum atomic E-state index is -0.927. The molecule has 23 heavy (non-hydrogen) atoms. The molecule has 1 heterocycles. The molecule has 0 bridgehead atoms. The van der Waals surface area contributed by atoms with Crippen LogP contribution in [0.1, 0.15) is 23.1 Å². The van der Waals surface area contributed by atoms with Crippen molar-refractivity contribution in [2.75, 3.05) is 6.54 Å². The van der Waals surface area contributed by atoms with Crippen LogP contribution in [0, 0.1) is 6.92 Å². The number of esters is 1. The number of benzene rings is 1. The number of para-hydroxylation sites is 1. The van der Waals surface area contributed by atoms with Gasteiger partial charge in [-0.15, -0.1) is 11.7 Å². The maximum atomic E-state index is 12.2. The third-order valence-corrected chi connectivity index (χ3v) is 3.04. The van der Waals surface area contributed by atoms with Crippen LogP contribution in [-0.2, 0) is 9.53 Å². The second-order valence-corrected chi connectivity index (χ2v) is 4.84. The Morgan fingerprint density at radius 2 is 2.04 bits per heavy atom. The van der Waals surface area contributed by atoms with E-state index in [0.717, 1.165) is 5.69 Å². The van der Waals surface area contributed by atoms with E-state index >= 15 is 0 Å². The number of ether oxygens (including phenoxy) is 1. The van der Waals surface area contributed by atoms with E-state index in [1.54, 1.807) is 13.0 Å². The van der Waals surface area contributed by atoms with Gasteiger partial charge in [-0.2, -0.15) is 9.90 Å². The molecular formula is C16H18N4O3. The van der Waals surface area contributed by atoms with E-state index in [0.29, 0.717) is 12.2 Å². The van der Waals surface area contributed by atoms with Crippen molar-refractivity contribution >= 4 is 11.9 Å². The topological polar surface area (TPSA) is 86.1 Å². The van der Waals surface area contributed by atoms with Crippen molar-refractivity contribution in [3.63, 3.8) is 0 Å². The summed E-state index contributed by atoms with van der Waals surface area (Å²) in [6, 6.07) is 9.20. The molecule has 2 aromatic rings. The molecule has 1 aromatic carbocycles. The van der Waals surface area contributed by atoms with Crippen LogP contribution in [0.4, 0.5) is 0 Å². The summed E-state index contributed by atoms with van der Waals surface area (Å²) in [7, 11) is 0. The van der Waals surface area contributed by atoms with Crippen molar-refractivity contribution in [1.82, 2.24) is 20.3 Å². The van der Waals surface area contributed by atoms with Crippen molar-refractivity contribution in [2.24, 2.45) is 0 Å². The van der Waals surface area contributed by atoms with Gasteiger partial charge in [-0.25, -0.2) is 4.79 Å². The molecule has 1 atom stereocenters. The molecule has 0 aliphatic heterocycles. The van der Waals surface area contributed by atoms with Crippen molar-refractivity contribution in [1.29, 1.82) is 0 Å². The van der Waals surface area contributed by atoms with E-state index in [4.69, 9.17) is 4.74 Å². The third kappa shape index (κ3) is 4.03. The zero-order valence-electron chi connectivity index (χ0n) is 13.0. The summed E-state index contributed by atoms with van der Waals surface area (Å²) < 4.78 is 5.12. The summed E-state index contributed by atoms with van der Waals surface area (Å²) in [5, 5.41) is 10.9. The van der Waals surface area contributed by atoms with Gasteiger partial charge in [-0.05, 0) is 26.0 Å². The molecule has 2 rings (SSSR count). The summed E-state index contributed by atoms with van der Waals surface area (Å²) in [5.74, 6) is -1.09. The first-order valence-electron chi connectivity index (χ1n) is 7.12. The highest BCUT2D eigenvalue weighted by atomic mass is 16.5. The largest absolute Gasteiger partial charge is 0.448 e. The average Bonchev–Trinajstić information content (AvgIpc) is 2.95. The molecule has 0 unspecified atom stereocenters. The van der Waals surface area contributed by atoms with Gasteiger partial charge in [-0.1, -0.05) is 24.3 Å². The Kier molecular flexibility index (Phi) is 5.24. The fourth-order valence-corrected chi connectivity index (χ4v) is 1.83. The van der Waals surface area contributed by atoms with Crippen molar-refractivity contribution in [3.8, 4) is 5.69 Å². The molecule has 1 N–H and O–H groups in total. The van der Waals surface area contributed by atoms with Gasteiger partial charge in [0.05, 0.1) is 11.4 Å². The van der Waals surface area contributed by atoms with Crippen molar-refractivity contribution in [3.05, 3.63) is 54.4 Å².